The molecule has 0 aromatic heterocycles. The third kappa shape index (κ3) is 3.59. The average molecular weight is 185 g/mol. The van der Waals surface area contributed by atoms with Gasteiger partial charge in [-0.1, -0.05) is 6.92 Å². The second-order valence-corrected chi connectivity index (χ2v) is 3.36. The van der Waals surface area contributed by atoms with Crippen LogP contribution in [-0.4, -0.2) is 22.7 Å². The molecule has 0 saturated heterocycles. The Balaban J connectivity index is 4.20. The zero-order valence-electron chi connectivity index (χ0n) is 8.47. The molecule has 0 aromatic rings. The molecule has 1 atom stereocenters. The summed E-state index contributed by atoms with van der Waals surface area (Å²) in [4.78, 5) is 0. The van der Waals surface area contributed by atoms with Crippen molar-refractivity contribution in [2.75, 3.05) is 6.54 Å². The summed E-state index contributed by atoms with van der Waals surface area (Å²) in [5, 5.41) is 11.4. The van der Waals surface area contributed by atoms with Crippen molar-refractivity contribution >= 4 is 5.87 Å². The Morgan fingerprint density at radius 2 is 2.31 bits per heavy atom. The molecule has 0 aliphatic heterocycles. The van der Waals surface area contributed by atoms with Crippen LogP contribution in [0.5, 0.6) is 0 Å². The van der Waals surface area contributed by atoms with Crippen LogP contribution in [-0.2, 0) is 0 Å². The van der Waals surface area contributed by atoms with E-state index in [9.17, 15) is 5.21 Å². The van der Waals surface area contributed by atoms with Gasteiger partial charge in [-0.25, -0.2) is 0 Å². The Labute approximate surface area is 79.7 Å². The van der Waals surface area contributed by atoms with Gasteiger partial charge < -0.3 is 5.21 Å². The van der Waals surface area contributed by atoms with Gasteiger partial charge in [-0.15, -0.1) is 0 Å². The maximum atomic E-state index is 11.4. The minimum Gasteiger partial charge on any atom is -0.615 e. The van der Waals surface area contributed by atoms with Gasteiger partial charge in [-0.05, 0) is 6.42 Å². The minimum atomic E-state index is -0.390. The highest BCUT2D eigenvalue weighted by Gasteiger charge is 2.29. The molecule has 3 N–H and O–H groups in total. The van der Waals surface area contributed by atoms with E-state index in [1.54, 1.807) is 0 Å². The summed E-state index contributed by atoms with van der Waals surface area (Å²) in [7, 11) is 0. The van der Waals surface area contributed by atoms with Crippen LogP contribution in [0.1, 0.15) is 33.1 Å². The second-order valence-electron chi connectivity index (χ2n) is 3.36. The molecule has 13 heavy (non-hydrogen) atoms. The highest BCUT2D eigenvalue weighted by Crippen LogP contribution is 2.19. The average Bonchev–Trinajstić information content (AvgIpc) is 2.16. The first-order valence-corrected chi connectivity index (χ1v) is 4.54. The quantitative estimate of drug-likeness (QED) is 0.160. The van der Waals surface area contributed by atoms with Crippen LogP contribution < -0.4 is 11.3 Å². The van der Waals surface area contributed by atoms with Gasteiger partial charge in [0.2, 0.25) is 0 Å². The molecule has 0 fully saturated rings. The summed E-state index contributed by atoms with van der Waals surface area (Å²) in [5.41, 5.74) is 2.17. The van der Waals surface area contributed by atoms with Crippen LogP contribution in [0.2, 0.25) is 0 Å². The summed E-state index contributed by atoms with van der Waals surface area (Å²) in [6, 6.07) is 0. The Kier molecular flexibility index (Phi) is 5.39. The van der Waals surface area contributed by atoms with Crippen LogP contribution in [0.15, 0.2) is 6.58 Å². The molecule has 0 aromatic carbocycles. The highest BCUT2D eigenvalue weighted by atomic mass is 16.5. The van der Waals surface area contributed by atoms with Gasteiger partial charge in [0, 0.05) is 32.9 Å². The van der Waals surface area contributed by atoms with Crippen LogP contribution >= 0.6 is 0 Å². The molecule has 0 radical (unpaired) electrons. The van der Waals surface area contributed by atoms with Crippen molar-refractivity contribution in [3.63, 3.8) is 0 Å². The summed E-state index contributed by atoms with van der Waals surface area (Å²) in [5.74, 6) is 7.50. The van der Waals surface area contributed by atoms with E-state index in [0.29, 0.717) is 0 Å². The third-order valence-electron chi connectivity index (χ3n) is 2.43. The monoisotopic (exact) mass is 185 g/mol. The predicted molar refractivity (Wildman–Crippen MR) is 54.4 cm³/mol. The van der Waals surface area contributed by atoms with Crippen molar-refractivity contribution in [2.24, 2.45) is 5.84 Å². The van der Waals surface area contributed by atoms with Gasteiger partial charge in [-0.3, -0.25) is 11.3 Å². The van der Waals surface area contributed by atoms with Crippen LogP contribution in [0, 0.1) is 5.21 Å². The molecule has 0 aliphatic carbocycles. The molecular formula is C9H19N3O. The zero-order valence-corrected chi connectivity index (χ0v) is 8.47. The maximum Gasteiger partial charge on any atom is 0.179 e. The molecule has 0 aliphatic rings. The Morgan fingerprint density at radius 3 is 2.69 bits per heavy atom. The van der Waals surface area contributed by atoms with Crippen molar-refractivity contribution in [2.45, 2.75) is 38.6 Å². The summed E-state index contributed by atoms with van der Waals surface area (Å²) in [6.45, 7) is 7.97. The van der Waals surface area contributed by atoms with E-state index in [-0.39, 0.29) is 0 Å². The van der Waals surface area contributed by atoms with Gasteiger partial charge in [0.25, 0.3) is 0 Å². The molecule has 76 valence electrons. The minimum absolute atomic E-state index is 0.390. The van der Waals surface area contributed by atoms with Crippen molar-refractivity contribution in [3.05, 3.63) is 11.8 Å². The number of nitrogens with zero attached hydrogens (tertiary/aromatic N) is 1. The Bertz CT molecular complexity index is 199. The standard InChI is InChI=1S/C9H19N3O/c1-4-9(3,12(13)5-2)7-6-8-11-10/h11H,2,4,6-8,10H2,1,3H3. The van der Waals surface area contributed by atoms with Gasteiger partial charge in [-0.2, -0.15) is 4.74 Å². The number of hydrogen-bond donors (Lipinski definition) is 2. The molecule has 0 rings (SSSR count). The van der Waals surface area contributed by atoms with Crippen molar-refractivity contribution < 1.29 is 4.74 Å². The van der Waals surface area contributed by atoms with E-state index in [0.717, 1.165) is 30.5 Å². The first kappa shape index (κ1) is 12.2. The van der Waals surface area contributed by atoms with Crippen molar-refractivity contribution in [1.82, 2.24) is 5.43 Å². The van der Waals surface area contributed by atoms with E-state index in [2.05, 4.69) is 17.9 Å². The van der Waals surface area contributed by atoms with E-state index >= 15 is 0 Å². The smallest absolute Gasteiger partial charge is 0.179 e. The highest BCUT2D eigenvalue weighted by molar-refractivity contribution is 5.40. The Hall–Kier alpha value is -0.830. The SMILES string of the molecule is C=C=[N+]([O-])C(C)(CC)CCCNN. The fourth-order valence-electron chi connectivity index (χ4n) is 1.18. The van der Waals surface area contributed by atoms with Gasteiger partial charge >= 0.3 is 0 Å². The van der Waals surface area contributed by atoms with Crippen molar-refractivity contribution in [3.8, 4) is 0 Å². The lowest BCUT2D eigenvalue weighted by molar-refractivity contribution is -0.541. The van der Waals surface area contributed by atoms with Crippen LogP contribution in [0.4, 0.5) is 0 Å². The summed E-state index contributed by atoms with van der Waals surface area (Å²) < 4.78 is 0.809. The zero-order chi connectivity index (χ0) is 10.3. The maximum absolute atomic E-state index is 11.4. The van der Waals surface area contributed by atoms with E-state index in [1.165, 1.54) is 0 Å². The lowest BCUT2D eigenvalue weighted by Crippen LogP contribution is -2.36. The van der Waals surface area contributed by atoms with Crippen LogP contribution in [0.25, 0.3) is 0 Å². The van der Waals surface area contributed by atoms with Gasteiger partial charge in [0.15, 0.2) is 11.4 Å². The number of hydrogen-bond acceptors (Lipinski definition) is 3. The topological polar surface area (TPSA) is 64.1 Å². The summed E-state index contributed by atoms with van der Waals surface area (Å²) in [6.07, 6.45) is 2.45. The molecule has 0 amide bonds. The first-order chi connectivity index (χ1) is 6.10. The third-order valence-corrected chi connectivity index (χ3v) is 2.43. The number of nitrogens with one attached hydrogen (secondary N) is 1. The molecule has 0 heterocycles. The number of hydroxylamine groups is 1. The fourth-order valence-corrected chi connectivity index (χ4v) is 1.18. The normalized spacial score (nSPS) is 14.7. The number of rotatable bonds is 6. The van der Waals surface area contributed by atoms with Gasteiger partial charge in [0.1, 0.15) is 0 Å². The molecule has 0 bridgehead atoms. The molecule has 1 unspecified atom stereocenters. The molecule has 4 nitrogen and oxygen atoms in total. The predicted octanol–water partition coefficient (Wildman–Crippen LogP) is 0.765. The second kappa shape index (κ2) is 5.75. The van der Waals surface area contributed by atoms with Crippen molar-refractivity contribution in [1.29, 1.82) is 0 Å². The largest absolute Gasteiger partial charge is 0.615 e. The summed E-state index contributed by atoms with van der Waals surface area (Å²) >= 11 is 0. The first-order valence-electron chi connectivity index (χ1n) is 4.54. The van der Waals surface area contributed by atoms with Crippen LogP contribution in [0.3, 0.4) is 0 Å². The van der Waals surface area contributed by atoms with E-state index in [1.807, 2.05) is 13.8 Å². The number of nitrogens with two attached hydrogens (primary N) is 1. The fraction of sp³-hybridized carbons (Fsp3) is 0.778. The molecule has 0 saturated carbocycles. The molecule has 0 spiro atoms. The lowest BCUT2D eigenvalue weighted by Gasteiger charge is -2.24. The van der Waals surface area contributed by atoms with E-state index < -0.39 is 5.54 Å². The molecule has 4 heteroatoms. The van der Waals surface area contributed by atoms with E-state index in [4.69, 9.17) is 5.84 Å². The molecular weight excluding hydrogens is 166 g/mol. The lowest BCUT2D eigenvalue weighted by atomic mass is 9.93. The van der Waals surface area contributed by atoms with Gasteiger partial charge in [0.05, 0.1) is 0 Å². The Morgan fingerprint density at radius 1 is 1.69 bits per heavy atom. The number of hydrazine groups is 1.